The fourth-order valence-corrected chi connectivity index (χ4v) is 4.03. The average molecular weight is 572 g/mol. The highest BCUT2D eigenvalue weighted by atomic mass is 32.2. The van der Waals surface area contributed by atoms with Crippen molar-refractivity contribution >= 4 is 45.3 Å². The highest BCUT2D eigenvalue weighted by Gasteiger charge is 2.36. The molecule has 0 aliphatic heterocycles. The summed E-state index contributed by atoms with van der Waals surface area (Å²) in [7, 11) is -5.10. The largest absolute Gasteiger partial charge is 0.412 e. The summed E-state index contributed by atoms with van der Waals surface area (Å²) < 4.78 is 42.1. The molecule has 2 rings (SSSR count). The van der Waals surface area contributed by atoms with Crippen molar-refractivity contribution in [3.63, 3.8) is 0 Å². The molecule has 210 valence electrons. The summed E-state index contributed by atoms with van der Waals surface area (Å²) in [6, 6.07) is 13.2. The molecule has 0 saturated carbocycles. The van der Waals surface area contributed by atoms with Crippen molar-refractivity contribution in [2.24, 2.45) is 10.2 Å². The van der Waals surface area contributed by atoms with E-state index in [9.17, 15) is 27.4 Å². The van der Waals surface area contributed by atoms with Crippen molar-refractivity contribution in [3.05, 3.63) is 80.5 Å². The molecule has 15 nitrogen and oxygen atoms in total. The van der Waals surface area contributed by atoms with Crippen molar-refractivity contribution in [1.29, 1.82) is 5.41 Å². The molecule has 2 aromatic carbocycles. The van der Waals surface area contributed by atoms with Crippen molar-refractivity contribution in [3.8, 4) is 0 Å². The second-order valence-corrected chi connectivity index (χ2v) is 9.92. The standard InChI is InChI=1S/C24H25N7O8S/c25-21(38-22(32)5-1-3-16-7-11-18(12-8-16)28-30-26)15-20(40(35,36)37)24(34)39-23(33)6-2-4-17-9-13-19(14-10-17)29-31-27/h7-14,20,25H,1-6,15H2,(H,35,36,37). The number of benzene rings is 2. The first-order valence-electron chi connectivity index (χ1n) is 11.8. The Labute approximate surface area is 228 Å². The molecule has 0 heterocycles. The smallest absolute Gasteiger partial charge is 0.335 e. The Hall–Kier alpha value is -4.75. The van der Waals surface area contributed by atoms with Crippen LogP contribution in [0.1, 0.15) is 43.2 Å². The lowest BCUT2D eigenvalue weighted by Crippen LogP contribution is -2.35. The van der Waals surface area contributed by atoms with Gasteiger partial charge >= 0.3 is 17.9 Å². The SMILES string of the molecule is [N-]=[N+]=Nc1ccc(CCCC(=O)OC(=N)CC(C(=O)OC(=O)CCCc2ccc(N=[N+]=[N-])cc2)S(=O)(=O)O)cc1. The number of nitrogens with zero attached hydrogens (tertiary/aromatic N) is 6. The summed E-state index contributed by atoms with van der Waals surface area (Å²) in [5, 5.41) is 12.3. The van der Waals surface area contributed by atoms with E-state index < -0.39 is 45.6 Å². The zero-order valence-corrected chi connectivity index (χ0v) is 21.9. The highest BCUT2D eigenvalue weighted by Crippen LogP contribution is 2.17. The van der Waals surface area contributed by atoms with Crippen LogP contribution in [0.4, 0.5) is 11.4 Å². The number of rotatable bonds is 14. The van der Waals surface area contributed by atoms with Crippen LogP contribution in [0.2, 0.25) is 0 Å². The van der Waals surface area contributed by atoms with Gasteiger partial charge in [-0.15, -0.1) is 0 Å². The minimum Gasteiger partial charge on any atom is -0.412 e. The first-order chi connectivity index (χ1) is 19.0. The topological polar surface area (TPSA) is 245 Å². The van der Waals surface area contributed by atoms with Gasteiger partial charge in [-0.3, -0.25) is 24.3 Å². The number of ether oxygens (including phenoxy) is 2. The number of hydrogen-bond acceptors (Lipinski definition) is 10. The van der Waals surface area contributed by atoms with Crippen LogP contribution in [0.25, 0.3) is 20.9 Å². The minimum atomic E-state index is -5.10. The van der Waals surface area contributed by atoms with Crippen LogP contribution in [-0.2, 0) is 46.8 Å². The van der Waals surface area contributed by atoms with Crippen molar-refractivity contribution in [2.45, 2.75) is 50.2 Å². The molecule has 1 atom stereocenters. The second-order valence-electron chi connectivity index (χ2n) is 8.32. The summed E-state index contributed by atoms with van der Waals surface area (Å²) in [5.41, 5.74) is 19.3. The quantitative estimate of drug-likeness (QED) is 0.0447. The molecule has 2 N–H and O–H groups in total. The van der Waals surface area contributed by atoms with E-state index in [-0.39, 0.29) is 19.3 Å². The van der Waals surface area contributed by atoms with Crippen molar-refractivity contribution in [1.82, 2.24) is 0 Å². The summed E-state index contributed by atoms with van der Waals surface area (Å²) in [5.74, 6) is -4.40. The zero-order chi connectivity index (χ0) is 29.5. The molecule has 0 bridgehead atoms. The summed E-state index contributed by atoms with van der Waals surface area (Å²) >= 11 is 0. The molecule has 0 amide bonds. The molecule has 2 aromatic rings. The molecule has 0 aliphatic rings. The van der Waals surface area contributed by atoms with Crippen LogP contribution < -0.4 is 0 Å². The van der Waals surface area contributed by atoms with Crippen LogP contribution >= 0.6 is 0 Å². The van der Waals surface area contributed by atoms with Crippen LogP contribution in [0.3, 0.4) is 0 Å². The maximum absolute atomic E-state index is 12.3. The third-order valence-electron chi connectivity index (χ3n) is 5.33. The number of azide groups is 2. The van der Waals surface area contributed by atoms with Gasteiger partial charge in [0.25, 0.3) is 10.1 Å². The number of esters is 3. The third kappa shape index (κ3) is 11.3. The van der Waals surface area contributed by atoms with Crippen LogP contribution in [0.15, 0.2) is 58.8 Å². The number of carbonyl (C=O) groups excluding carboxylic acids is 3. The molecule has 0 spiro atoms. The van der Waals surface area contributed by atoms with Gasteiger partial charge in [-0.25, -0.2) is 0 Å². The Balaban J connectivity index is 1.80. The molecule has 0 aliphatic carbocycles. The minimum absolute atomic E-state index is 0.131. The molecular weight excluding hydrogens is 546 g/mol. The molecule has 0 aromatic heterocycles. The number of carbonyl (C=O) groups is 3. The second kappa shape index (κ2) is 15.6. The maximum Gasteiger partial charge on any atom is 0.335 e. The molecular formula is C24H25N7O8S. The van der Waals surface area contributed by atoms with Crippen molar-refractivity contribution < 1.29 is 36.8 Å². The molecule has 1 unspecified atom stereocenters. The number of hydrogen-bond donors (Lipinski definition) is 2. The lowest BCUT2D eigenvalue weighted by molar-refractivity contribution is -0.159. The van der Waals surface area contributed by atoms with Crippen LogP contribution in [0.5, 0.6) is 0 Å². The maximum atomic E-state index is 12.3. The van der Waals surface area contributed by atoms with Gasteiger partial charge in [0.1, 0.15) is 0 Å². The predicted octanol–water partition coefficient (Wildman–Crippen LogP) is 5.15. The van der Waals surface area contributed by atoms with Gasteiger partial charge in [-0.2, -0.15) is 8.42 Å². The Morgan fingerprint density at radius 2 is 1.25 bits per heavy atom. The van der Waals surface area contributed by atoms with Gasteiger partial charge < -0.3 is 9.47 Å². The van der Waals surface area contributed by atoms with Crippen LogP contribution in [-0.4, -0.2) is 42.0 Å². The summed E-state index contributed by atoms with van der Waals surface area (Å²) in [6.45, 7) is 0. The number of nitrogens with one attached hydrogen (secondary N) is 1. The van der Waals surface area contributed by atoms with E-state index in [1.54, 1.807) is 48.5 Å². The van der Waals surface area contributed by atoms with Gasteiger partial charge in [0.15, 0.2) is 11.1 Å². The first kappa shape index (κ1) is 31.5. The van der Waals surface area contributed by atoms with Gasteiger partial charge in [-0.05, 0) is 47.9 Å². The lowest BCUT2D eigenvalue weighted by Gasteiger charge is -2.13. The molecule has 16 heteroatoms. The van der Waals surface area contributed by atoms with Crippen molar-refractivity contribution in [2.75, 3.05) is 0 Å². The fourth-order valence-electron chi connectivity index (χ4n) is 3.37. The summed E-state index contributed by atoms with van der Waals surface area (Å²) in [6.07, 6.45) is 0.0372. The van der Waals surface area contributed by atoms with E-state index in [2.05, 4.69) is 24.8 Å². The third-order valence-corrected chi connectivity index (χ3v) is 6.41. The molecule has 0 fully saturated rings. The fraction of sp³-hybridized carbons (Fsp3) is 0.333. The molecule has 0 radical (unpaired) electrons. The van der Waals surface area contributed by atoms with Gasteiger partial charge in [0.05, 0.1) is 6.42 Å². The van der Waals surface area contributed by atoms with E-state index in [1.807, 2.05) is 0 Å². The zero-order valence-electron chi connectivity index (χ0n) is 21.0. The predicted molar refractivity (Wildman–Crippen MR) is 141 cm³/mol. The van der Waals surface area contributed by atoms with Crippen LogP contribution in [0, 0.1) is 5.41 Å². The lowest BCUT2D eigenvalue weighted by atomic mass is 10.1. The average Bonchev–Trinajstić information content (AvgIpc) is 2.89. The monoisotopic (exact) mass is 571 g/mol. The Morgan fingerprint density at radius 3 is 1.65 bits per heavy atom. The highest BCUT2D eigenvalue weighted by molar-refractivity contribution is 7.87. The van der Waals surface area contributed by atoms with E-state index in [0.717, 1.165) is 11.1 Å². The molecule has 40 heavy (non-hydrogen) atoms. The van der Waals surface area contributed by atoms with E-state index in [1.165, 1.54) is 0 Å². The Bertz CT molecular complexity index is 1430. The molecule has 0 saturated heterocycles. The van der Waals surface area contributed by atoms with Gasteiger partial charge in [0, 0.05) is 34.0 Å². The van der Waals surface area contributed by atoms with Gasteiger partial charge in [-0.1, -0.05) is 58.8 Å². The Kier molecular flexibility index (Phi) is 12.3. The van der Waals surface area contributed by atoms with E-state index >= 15 is 0 Å². The summed E-state index contributed by atoms with van der Waals surface area (Å²) in [4.78, 5) is 41.7. The van der Waals surface area contributed by atoms with E-state index in [4.69, 9.17) is 21.2 Å². The normalized spacial score (nSPS) is 11.3. The first-order valence-corrected chi connectivity index (χ1v) is 13.3. The Morgan fingerprint density at radius 1 is 0.825 bits per heavy atom. The number of aryl methyl sites for hydroxylation is 2. The van der Waals surface area contributed by atoms with Gasteiger partial charge in [0.2, 0.25) is 0 Å². The van der Waals surface area contributed by atoms with E-state index in [0.29, 0.717) is 30.6 Å².